The number of benzene rings is 1. The fraction of sp³-hybridized carbons (Fsp3) is 0.333. The zero-order chi connectivity index (χ0) is 9.19. The van der Waals surface area contributed by atoms with E-state index < -0.39 is 8.32 Å². The Morgan fingerprint density at radius 3 is 2.00 bits per heavy atom. The lowest BCUT2D eigenvalue weighted by Crippen LogP contribution is -2.29. The maximum absolute atomic E-state index is 5.74. The summed E-state index contributed by atoms with van der Waals surface area (Å²) in [5, 5.41) is 0. The average molecular weight is 181 g/mol. The van der Waals surface area contributed by atoms with E-state index in [2.05, 4.69) is 19.6 Å². The molecule has 0 heterocycles. The normalized spacial score (nSPS) is 11.2. The van der Waals surface area contributed by atoms with Crippen LogP contribution >= 0.6 is 0 Å². The molecule has 0 radical (unpaired) electrons. The molecule has 0 saturated carbocycles. The van der Waals surface area contributed by atoms with Crippen molar-refractivity contribution < 1.29 is 4.43 Å². The van der Waals surface area contributed by atoms with Crippen LogP contribution in [0.3, 0.4) is 0 Å². The van der Waals surface area contributed by atoms with Gasteiger partial charge in [0.05, 0.1) is 0 Å². The number of rotatable bonds is 2. The van der Waals surface area contributed by atoms with E-state index in [4.69, 9.17) is 10.2 Å². The van der Waals surface area contributed by atoms with Crippen molar-refractivity contribution in [1.29, 1.82) is 0 Å². The molecule has 2 N–H and O–H groups in total. The molecule has 0 spiro atoms. The molecule has 1 rings (SSSR count). The first-order valence-electron chi connectivity index (χ1n) is 4.02. The Labute approximate surface area is 74.5 Å². The molecule has 0 aliphatic heterocycles. The number of hydrogen-bond donors (Lipinski definition) is 1. The highest BCUT2D eigenvalue weighted by atomic mass is 28.4. The summed E-state index contributed by atoms with van der Waals surface area (Å²) in [7, 11) is -1.46. The van der Waals surface area contributed by atoms with Crippen LogP contribution in [0.25, 0.3) is 0 Å². The van der Waals surface area contributed by atoms with E-state index in [0.29, 0.717) is 0 Å². The lowest BCUT2D eigenvalue weighted by molar-refractivity contribution is 0.558. The van der Waals surface area contributed by atoms with Gasteiger partial charge in [-0.1, -0.05) is 0 Å². The topological polar surface area (TPSA) is 35.2 Å². The summed E-state index contributed by atoms with van der Waals surface area (Å²) in [5.41, 5.74) is 6.32. The molecule has 0 saturated heterocycles. The Bertz CT molecular complexity index is 250. The number of anilines is 1. The lowest BCUT2D eigenvalue weighted by atomic mass is 10.3. The number of hydrogen-bond acceptors (Lipinski definition) is 2. The van der Waals surface area contributed by atoms with Crippen LogP contribution in [0, 0.1) is 0 Å². The number of nitrogen functional groups attached to an aromatic ring is 1. The Hall–Kier alpha value is -0.963. The molecule has 1 aromatic rings. The molecule has 12 heavy (non-hydrogen) atoms. The van der Waals surface area contributed by atoms with Crippen molar-refractivity contribution >= 4 is 14.0 Å². The Balaban J connectivity index is 2.71. The Morgan fingerprint density at radius 2 is 1.58 bits per heavy atom. The summed E-state index contributed by atoms with van der Waals surface area (Å²) in [6.07, 6.45) is 0. The minimum absolute atomic E-state index is 0.776. The maximum Gasteiger partial charge on any atom is 0.242 e. The summed E-state index contributed by atoms with van der Waals surface area (Å²) in [6.45, 7) is 6.47. The third-order valence-corrected chi connectivity index (χ3v) is 2.15. The number of nitrogens with two attached hydrogens (primary N) is 1. The molecule has 1 aromatic carbocycles. The first kappa shape index (κ1) is 9.13. The molecule has 0 aromatic heterocycles. The van der Waals surface area contributed by atoms with Crippen LogP contribution in [0.15, 0.2) is 24.3 Å². The van der Waals surface area contributed by atoms with Crippen LogP contribution in [0.1, 0.15) is 0 Å². The predicted octanol–water partition coefficient (Wildman–Crippen LogP) is 2.48. The largest absolute Gasteiger partial charge is 0.544 e. The molecular formula is C9H15NOSi. The van der Waals surface area contributed by atoms with Crippen molar-refractivity contribution in [2.45, 2.75) is 19.6 Å². The molecule has 0 fully saturated rings. The van der Waals surface area contributed by atoms with E-state index in [9.17, 15) is 0 Å². The van der Waals surface area contributed by atoms with Crippen molar-refractivity contribution in [3.05, 3.63) is 24.3 Å². The monoisotopic (exact) mass is 181 g/mol. The standard InChI is InChI=1S/C9H15NOSi/c1-12(2,3)11-9-6-4-8(10)5-7-9/h4-7H,10H2,1-3H3. The van der Waals surface area contributed by atoms with E-state index in [1.165, 1.54) is 0 Å². The fourth-order valence-electron chi connectivity index (χ4n) is 0.889. The predicted molar refractivity (Wildman–Crippen MR) is 54.8 cm³/mol. The summed E-state index contributed by atoms with van der Waals surface area (Å²) < 4.78 is 5.74. The van der Waals surface area contributed by atoms with E-state index in [0.717, 1.165) is 11.4 Å². The highest BCUT2D eigenvalue weighted by Crippen LogP contribution is 2.17. The molecule has 66 valence electrons. The smallest absolute Gasteiger partial charge is 0.242 e. The molecule has 0 aliphatic rings. The van der Waals surface area contributed by atoms with Crippen molar-refractivity contribution in [2.24, 2.45) is 0 Å². The quantitative estimate of drug-likeness (QED) is 0.562. The van der Waals surface area contributed by atoms with Crippen molar-refractivity contribution in [1.82, 2.24) is 0 Å². The van der Waals surface area contributed by atoms with Gasteiger partial charge in [-0.05, 0) is 43.9 Å². The Morgan fingerprint density at radius 1 is 1.08 bits per heavy atom. The molecule has 0 unspecified atom stereocenters. The molecule has 0 amide bonds. The van der Waals surface area contributed by atoms with Gasteiger partial charge in [-0.2, -0.15) is 0 Å². The lowest BCUT2D eigenvalue weighted by Gasteiger charge is -2.18. The first-order valence-corrected chi connectivity index (χ1v) is 7.43. The molecule has 2 nitrogen and oxygen atoms in total. The minimum atomic E-state index is -1.46. The van der Waals surface area contributed by atoms with Gasteiger partial charge in [0, 0.05) is 5.69 Å². The summed E-state index contributed by atoms with van der Waals surface area (Å²) >= 11 is 0. The minimum Gasteiger partial charge on any atom is -0.544 e. The van der Waals surface area contributed by atoms with Gasteiger partial charge in [0.15, 0.2) is 0 Å². The molecular weight excluding hydrogens is 166 g/mol. The summed E-state index contributed by atoms with van der Waals surface area (Å²) in [5.74, 6) is 0.920. The van der Waals surface area contributed by atoms with Crippen molar-refractivity contribution in [3.63, 3.8) is 0 Å². The van der Waals surface area contributed by atoms with Crippen LogP contribution in [-0.4, -0.2) is 8.32 Å². The fourth-order valence-corrected chi connectivity index (χ4v) is 1.73. The van der Waals surface area contributed by atoms with Gasteiger partial charge in [-0.15, -0.1) is 0 Å². The first-order chi connectivity index (χ1) is 5.47. The maximum atomic E-state index is 5.74. The second-order valence-electron chi connectivity index (χ2n) is 3.78. The van der Waals surface area contributed by atoms with Gasteiger partial charge in [-0.25, -0.2) is 0 Å². The van der Waals surface area contributed by atoms with E-state index in [1.807, 2.05) is 24.3 Å². The third-order valence-electron chi connectivity index (χ3n) is 1.30. The molecule has 3 heteroatoms. The van der Waals surface area contributed by atoms with Gasteiger partial charge in [0.25, 0.3) is 0 Å². The molecule has 0 aliphatic carbocycles. The second-order valence-corrected chi connectivity index (χ2v) is 8.21. The van der Waals surface area contributed by atoms with Gasteiger partial charge in [-0.3, -0.25) is 0 Å². The highest BCUT2D eigenvalue weighted by molar-refractivity contribution is 6.70. The van der Waals surface area contributed by atoms with Crippen molar-refractivity contribution in [3.8, 4) is 5.75 Å². The van der Waals surface area contributed by atoms with Crippen LogP contribution in [0.4, 0.5) is 5.69 Å². The Kier molecular flexibility index (Phi) is 2.42. The summed E-state index contributed by atoms with van der Waals surface area (Å²) in [4.78, 5) is 0. The van der Waals surface area contributed by atoms with E-state index in [1.54, 1.807) is 0 Å². The molecule has 0 bridgehead atoms. The second kappa shape index (κ2) is 3.19. The average Bonchev–Trinajstić information content (AvgIpc) is 1.91. The van der Waals surface area contributed by atoms with Gasteiger partial charge in [0.1, 0.15) is 5.75 Å². The van der Waals surface area contributed by atoms with Crippen LogP contribution in [-0.2, 0) is 0 Å². The van der Waals surface area contributed by atoms with Crippen LogP contribution in [0.2, 0.25) is 19.6 Å². The third kappa shape index (κ3) is 2.96. The molecule has 0 atom stereocenters. The van der Waals surface area contributed by atoms with Crippen LogP contribution < -0.4 is 10.2 Å². The van der Waals surface area contributed by atoms with Crippen molar-refractivity contribution in [2.75, 3.05) is 5.73 Å². The zero-order valence-corrected chi connectivity index (χ0v) is 8.79. The van der Waals surface area contributed by atoms with Gasteiger partial charge >= 0.3 is 0 Å². The van der Waals surface area contributed by atoms with Gasteiger partial charge < -0.3 is 10.2 Å². The van der Waals surface area contributed by atoms with Crippen LogP contribution in [0.5, 0.6) is 5.75 Å². The van der Waals surface area contributed by atoms with E-state index >= 15 is 0 Å². The van der Waals surface area contributed by atoms with Gasteiger partial charge in [0.2, 0.25) is 8.32 Å². The summed E-state index contributed by atoms with van der Waals surface area (Å²) in [6, 6.07) is 7.53. The zero-order valence-electron chi connectivity index (χ0n) is 7.79. The van der Waals surface area contributed by atoms with E-state index in [-0.39, 0.29) is 0 Å². The highest BCUT2D eigenvalue weighted by Gasteiger charge is 2.15. The SMILES string of the molecule is C[Si](C)(C)Oc1ccc(N)cc1.